The third-order valence-electron chi connectivity index (χ3n) is 3.48. The monoisotopic (exact) mass is 306 g/mol. The van der Waals surface area contributed by atoms with Gasteiger partial charge in [0.15, 0.2) is 0 Å². The number of hydrogen-bond acceptors (Lipinski definition) is 6. The Hall–Kier alpha value is -1.73. The fourth-order valence-electron chi connectivity index (χ4n) is 2.34. The highest BCUT2D eigenvalue weighted by atomic mass is 32.1. The van der Waals surface area contributed by atoms with Crippen molar-refractivity contribution in [2.45, 2.75) is 31.7 Å². The highest BCUT2D eigenvalue weighted by molar-refractivity contribution is 7.13. The van der Waals surface area contributed by atoms with Crippen LogP contribution in [0.15, 0.2) is 22.0 Å². The molecule has 2 N–H and O–H groups in total. The number of nitrogens with one attached hydrogen (secondary N) is 2. The van der Waals surface area contributed by atoms with Gasteiger partial charge in [0, 0.05) is 25.4 Å². The van der Waals surface area contributed by atoms with Crippen molar-refractivity contribution in [1.29, 1.82) is 0 Å². The maximum absolute atomic E-state index is 11.8. The lowest BCUT2D eigenvalue weighted by atomic mass is 10.2. The minimum Gasteiger partial charge on any atom is -0.355 e. The van der Waals surface area contributed by atoms with Crippen LogP contribution in [0.25, 0.3) is 10.7 Å². The quantitative estimate of drug-likeness (QED) is 0.847. The maximum Gasteiger partial charge on any atom is 0.227 e. The first kappa shape index (κ1) is 14.2. The number of hydrogen-bond donors (Lipinski definition) is 2. The van der Waals surface area contributed by atoms with Gasteiger partial charge in [0.2, 0.25) is 17.6 Å². The number of amides is 1. The molecule has 1 aliphatic rings. The number of carbonyl (C=O) groups excluding carboxylic acids is 1. The van der Waals surface area contributed by atoms with E-state index in [2.05, 4.69) is 20.8 Å². The van der Waals surface area contributed by atoms with Crippen LogP contribution in [0, 0.1) is 0 Å². The average molecular weight is 306 g/mol. The number of aryl methyl sites for hydroxylation is 1. The number of thiophene rings is 1. The molecule has 1 saturated heterocycles. The van der Waals surface area contributed by atoms with E-state index in [1.807, 2.05) is 17.5 Å². The molecule has 0 radical (unpaired) electrons. The second-order valence-electron chi connectivity index (χ2n) is 5.09. The SMILES string of the molecule is O=C(CCc1nc(-c2cccs2)no1)NCC1CCCN1. The van der Waals surface area contributed by atoms with E-state index in [-0.39, 0.29) is 5.91 Å². The molecule has 0 bridgehead atoms. The minimum atomic E-state index is 0.0274. The molecule has 1 unspecified atom stereocenters. The molecule has 3 rings (SSSR count). The summed E-state index contributed by atoms with van der Waals surface area (Å²) < 4.78 is 5.17. The summed E-state index contributed by atoms with van der Waals surface area (Å²) in [5, 5.41) is 12.2. The smallest absolute Gasteiger partial charge is 0.227 e. The lowest BCUT2D eigenvalue weighted by Crippen LogP contribution is -2.37. The average Bonchev–Trinajstić information content (AvgIpc) is 3.24. The van der Waals surface area contributed by atoms with Crippen LogP contribution < -0.4 is 10.6 Å². The fourth-order valence-corrected chi connectivity index (χ4v) is 2.99. The van der Waals surface area contributed by atoms with Crippen LogP contribution in [0.1, 0.15) is 25.2 Å². The van der Waals surface area contributed by atoms with Gasteiger partial charge in [-0.1, -0.05) is 11.2 Å². The summed E-state index contributed by atoms with van der Waals surface area (Å²) in [4.78, 5) is 17.1. The van der Waals surface area contributed by atoms with Crippen molar-refractivity contribution in [1.82, 2.24) is 20.8 Å². The summed E-state index contributed by atoms with van der Waals surface area (Å²) >= 11 is 1.56. The van der Waals surface area contributed by atoms with Crippen molar-refractivity contribution >= 4 is 17.2 Å². The van der Waals surface area contributed by atoms with Gasteiger partial charge in [0.05, 0.1) is 4.88 Å². The first-order chi connectivity index (χ1) is 10.3. The van der Waals surface area contributed by atoms with E-state index in [0.717, 1.165) is 17.8 Å². The zero-order valence-corrected chi connectivity index (χ0v) is 12.5. The van der Waals surface area contributed by atoms with Gasteiger partial charge in [-0.05, 0) is 30.8 Å². The summed E-state index contributed by atoms with van der Waals surface area (Å²) in [6.07, 6.45) is 3.17. The second kappa shape index (κ2) is 6.82. The largest absolute Gasteiger partial charge is 0.355 e. The Labute approximate surface area is 126 Å². The van der Waals surface area contributed by atoms with Gasteiger partial charge < -0.3 is 15.2 Å². The predicted octanol–water partition coefficient (Wildman–Crippen LogP) is 1.60. The van der Waals surface area contributed by atoms with Crippen molar-refractivity contribution in [3.63, 3.8) is 0 Å². The lowest BCUT2D eigenvalue weighted by Gasteiger charge is -2.10. The lowest BCUT2D eigenvalue weighted by molar-refractivity contribution is -0.121. The predicted molar refractivity (Wildman–Crippen MR) is 80.0 cm³/mol. The van der Waals surface area contributed by atoms with E-state index in [1.54, 1.807) is 11.3 Å². The standard InChI is InChI=1S/C14H18N4O2S/c19-12(16-9-10-3-1-7-15-10)5-6-13-17-14(18-20-13)11-4-2-8-21-11/h2,4,8,10,15H,1,3,5-7,9H2,(H,16,19). The summed E-state index contributed by atoms with van der Waals surface area (Å²) in [5.74, 6) is 1.13. The van der Waals surface area contributed by atoms with Gasteiger partial charge in [0.1, 0.15) is 0 Å². The van der Waals surface area contributed by atoms with E-state index in [1.165, 1.54) is 6.42 Å². The minimum absolute atomic E-state index is 0.0274. The normalized spacial score (nSPS) is 18.0. The van der Waals surface area contributed by atoms with Crippen molar-refractivity contribution in [3.05, 3.63) is 23.4 Å². The number of nitrogens with zero attached hydrogens (tertiary/aromatic N) is 2. The Kier molecular flexibility index (Phi) is 4.62. The van der Waals surface area contributed by atoms with Crippen LogP contribution in [-0.2, 0) is 11.2 Å². The summed E-state index contributed by atoms with van der Waals surface area (Å²) in [5.41, 5.74) is 0. The molecule has 1 amide bonds. The molecule has 0 saturated carbocycles. The summed E-state index contributed by atoms with van der Waals surface area (Å²) in [6, 6.07) is 4.31. The van der Waals surface area contributed by atoms with Gasteiger partial charge in [-0.2, -0.15) is 4.98 Å². The Balaban J connectivity index is 1.43. The first-order valence-corrected chi connectivity index (χ1v) is 8.06. The second-order valence-corrected chi connectivity index (χ2v) is 6.03. The van der Waals surface area contributed by atoms with E-state index in [0.29, 0.717) is 37.1 Å². The Morgan fingerprint density at radius 3 is 3.29 bits per heavy atom. The Bertz CT molecular complexity index is 576. The number of rotatable bonds is 6. The van der Waals surface area contributed by atoms with Gasteiger partial charge in [-0.25, -0.2) is 0 Å². The van der Waals surface area contributed by atoms with Crippen molar-refractivity contribution < 1.29 is 9.32 Å². The molecule has 1 aliphatic heterocycles. The molecule has 0 spiro atoms. The molecule has 1 fully saturated rings. The fraction of sp³-hybridized carbons (Fsp3) is 0.500. The van der Waals surface area contributed by atoms with Crippen LogP contribution in [-0.4, -0.2) is 35.2 Å². The van der Waals surface area contributed by atoms with E-state index < -0.39 is 0 Å². The molecular weight excluding hydrogens is 288 g/mol. The molecule has 1 atom stereocenters. The van der Waals surface area contributed by atoms with Crippen LogP contribution in [0.2, 0.25) is 0 Å². The van der Waals surface area contributed by atoms with Crippen LogP contribution in [0.5, 0.6) is 0 Å². The summed E-state index contributed by atoms with van der Waals surface area (Å²) in [7, 11) is 0. The molecule has 7 heteroatoms. The summed E-state index contributed by atoms with van der Waals surface area (Å²) in [6.45, 7) is 1.75. The zero-order valence-electron chi connectivity index (χ0n) is 11.7. The third kappa shape index (κ3) is 3.89. The van der Waals surface area contributed by atoms with Crippen molar-refractivity contribution in [2.24, 2.45) is 0 Å². The molecule has 0 aromatic carbocycles. The van der Waals surface area contributed by atoms with Crippen molar-refractivity contribution in [3.8, 4) is 10.7 Å². The zero-order chi connectivity index (χ0) is 14.5. The van der Waals surface area contributed by atoms with Gasteiger partial charge in [-0.15, -0.1) is 11.3 Å². The highest BCUT2D eigenvalue weighted by Crippen LogP contribution is 2.21. The van der Waals surface area contributed by atoms with E-state index in [4.69, 9.17) is 4.52 Å². The first-order valence-electron chi connectivity index (χ1n) is 7.18. The molecule has 0 aliphatic carbocycles. The van der Waals surface area contributed by atoms with Gasteiger partial charge in [-0.3, -0.25) is 4.79 Å². The molecule has 21 heavy (non-hydrogen) atoms. The molecule has 112 valence electrons. The topological polar surface area (TPSA) is 80.0 Å². The molecule has 2 aromatic rings. The maximum atomic E-state index is 11.8. The Morgan fingerprint density at radius 2 is 2.52 bits per heavy atom. The van der Waals surface area contributed by atoms with Crippen LogP contribution >= 0.6 is 11.3 Å². The van der Waals surface area contributed by atoms with Crippen molar-refractivity contribution in [2.75, 3.05) is 13.1 Å². The highest BCUT2D eigenvalue weighted by Gasteiger charge is 2.15. The molecule has 2 aromatic heterocycles. The number of aromatic nitrogens is 2. The molecular formula is C14H18N4O2S. The Morgan fingerprint density at radius 1 is 1.57 bits per heavy atom. The number of carbonyl (C=O) groups is 1. The van der Waals surface area contributed by atoms with Gasteiger partial charge in [0.25, 0.3) is 0 Å². The van der Waals surface area contributed by atoms with E-state index >= 15 is 0 Å². The molecule has 3 heterocycles. The van der Waals surface area contributed by atoms with E-state index in [9.17, 15) is 4.79 Å². The molecule has 6 nitrogen and oxygen atoms in total. The van der Waals surface area contributed by atoms with Crippen LogP contribution in [0.3, 0.4) is 0 Å². The van der Waals surface area contributed by atoms with Gasteiger partial charge >= 0.3 is 0 Å². The van der Waals surface area contributed by atoms with Crippen LogP contribution in [0.4, 0.5) is 0 Å². The third-order valence-corrected chi connectivity index (χ3v) is 4.35.